The van der Waals surface area contributed by atoms with Gasteiger partial charge in [-0.15, -0.1) is 10.2 Å². The molecule has 5 rings (SSSR count). The van der Waals surface area contributed by atoms with Gasteiger partial charge in [0.1, 0.15) is 11.4 Å². The van der Waals surface area contributed by atoms with Gasteiger partial charge in [-0.3, -0.25) is 4.98 Å². The van der Waals surface area contributed by atoms with Crippen LogP contribution in [0.4, 0.5) is 5.82 Å². The van der Waals surface area contributed by atoms with Gasteiger partial charge in [-0.05, 0) is 37.1 Å². The highest BCUT2D eigenvalue weighted by Gasteiger charge is 2.41. The van der Waals surface area contributed by atoms with Crippen molar-refractivity contribution in [3.63, 3.8) is 0 Å². The molecule has 1 saturated carbocycles. The van der Waals surface area contributed by atoms with Crippen LogP contribution in [0.3, 0.4) is 0 Å². The fourth-order valence-electron chi connectivity index (χ4n) is 4.01. The Bertz CT molecular complexity index is 996. The van der Waals surface area contributed by atoms with E-state index in [9.17, 15) is 5.11 Å². The SMILES string of the molecule is Oc1cc(Cl)ccc1-c1nnc(N[C@@H]2C[C@@H]3C[C@H]2CO3)c2cnccc12. The Labute approximate surface area is 155 Å². The molecule has 7 heteroatoms. The van der Waals surface area contributed by atoms with E-state index in [1.165, 1.54) is 6.07 Å². The lowest BCUT2D eigenvalue weighted by Crippen LogP contribution is -2.30. The Morgan fingerprint density at radius 1 is 1.15 bits per heavy atom. The zero-order valence-electron chi connectivity index (χ0n) is 13.9. The lowest BCUT2D eigenvalue weighted by molar-refractivity contribution is 0.0724. The lowest BCUT2D eigenvalue weighted by Gasteiger charge is -2.24. The van der Waals surface area contributed by atoms with Crippen molar-refractivity contribution in [2.45, 2.75) is 25.0 Å². The standard InChI is InChI=1S/C19H17ClN4O2/c20-11-1-2-14(17(25)6-11)18-13-3-4-21-8-15(13)19(24-23-18)22-16-7-12-5-10(16)9-26-12/h1-4,6,8,10,12,16,25H,5,7,9H2,(H,22,24)/t10-,12-,16+/m0/s1. The number of phenols is 1. The van der Waals surface area contributed by atoms with Gasteiger partial charge < -0.3 is 15.2 Å². The monoisotopic (exact) mass is 368 g/mol. The van der Waals surface area contributed by atoms with Crippen molar-refractivity contribution < 1.29 is 9.84 Å². The molecule has 6 nitrogen and oxygen atoms in total. The second-order valence-electron chi connectivity index (χ2n) is 6.92. The van der Waals surface area contributed by atoms with Crippen LogP contribution in [0.2, 0.25) is 5.02 Å². The Morgan fingerprint density at radius 2 is 2.08 bits per heavy atom. The van der Waals surface area contributed by atoms with Gasteiger partial charge in [-0.2, -0.15) is 0 Å². The van der Waals surface area contributed by atoms with Gasteiger partial charge in [0.15, 0.2) is 5.82 Å². The van der Waals surface area contributed by atoms with Crippen LogP contribution in [-0.2, 0) is 4.74 Å². The zero-order chi connectivity index (χ0) is 17.7. The van der Waals surface area contributed by atoms with E-state index in [4.69, 9.17) is 16.3 Å². The minimum absolute atomic E-state index is 0.0795. The number of nitrogens with one attached hydrogen (secondary N) is 1. The van der Waals surface area contributed by atoms with Crippen molar-refractivity contribution in [1.82, 2.24) is 15.2 Å². The molecule has 2 fully saturated rings. The summed E-state index contributed by atoms with van der Waals surface area (Å²) in [6.07, 6.45) is 5.97. The van der Waals surface area contributed by atoms with E-state index < -0.39 is 0 Å². The van der Waals surface area contributed by atoms with E-state index in [1.807, 2.05) is 6.07 Å². The largest absolute Gasteiger partial charge is 0.507 e. The molecule has 1 aromatic carbocycles. The molecule has 1 aliphatic heterocycles. The minimum atomic E-state index is 0.0795. The third-order valence-electron chi connectivity index (χ3n) is 5.32. The van der Waals surface area contributed by atoms with Crippen LogP contribution in [-0.4, -0.2) is 39.0 Å². The summed E-state index contributed by atoms with van der Waals surface area (Å²) in [5.41, 5.74) is 1.20. The third kappa shape index (κ3) is 2.57. The average molecular weight is 369 g/mol. The van der Waals surface area contributed by atoms with Crippen molar-refractivity contribution >= 4 is 28.2 Å². The molecule has 2 aliphatic rings. The third-order valence-corrected chi connectivity index (χ3v) is 5.55. The number of aromatic hydroxyl groups is 1. The number of rotatable bonds is 3. The topological polar surface area (TPSA) is 80.2 Å². The average Bonchev–Trinajstić information content (AvgIpc) is 3.26. The first-order valence-corrected chi connectivity index (χ1v) is 9.04. The predicted molar refractivity (Wildman–Crippen MR) is 99.3 cm³/mol. The molecule has 0 radical (unpaired) electrons. The van der Waals surface area contributed by atoms with Gasteiger partial charge in [-0.25, -0.2) is 0 Å². The van der Waals surface area contributed by atoms with E-state index in [0.717, 1.165) is 36.0 Å². The normalized spacial score (nSPS) is 24.3. The molecular formula is C19H17ClN4O2. The number of fused-ring (bicyclic) bond motifs is 3. The number of nitrogens with zero attached hydrogens (tertiary/aromatic N) is 3. The summed E-state index contributed by atoms with van der Waals surface area (Å²) in [6, 6.07) is 7.23. The maximum atomic E-state index is 10.3. The fraction of sp³-hybridized carbons (Fsp3) is 0.316. The highest BCUT2D eigenvalue weighted by molar-refractivity contribution is 6.30. The van der Waals surface area contributed by atoms with Gasteiger partial charge in [0.2, 0.25) is 0 Å². The van der Waals surface area contributed by atoms with Gasteiger partial charge in [-0.1, -0.05) is 11.6 Å². The Balaban J connectivity index is 1.58. The number of ether oxygens (including phenoxy) is 1. The second kappa shape index (κ2) is 6.07. The molecule has 26 heavy (non-hydrogen) atoms. The van der Waals surface area contributed by atoms with Crippen LogP contribution in [0.25, 0.3) is 22.0 Å². The molecule has 3 heterocycles. The van der Waals surface area contributed by atoms with Crippen molar-refractivity contribution in [2.75, 3.05) is 11.9 Å². The summed E-state index contributed by atoms with van der Waals surface area (Å²) in [5.74, 6) is 1.33. The van der Waals surface area contributed by atoms with E-state index in [-0.39, 0.29) is 5.75 Å². The van der Waals surface area contributed by atoms with Crippen LogP contribution < -0.4 is 5.32 Å². The van der Waals surface area contributed by atoms with Crippen LogP contribution in [0.1, 0.15) is 12.8 Å². The number of halogens is 1. The summed E-state index contributed by atoms with van der Waals surface area (Å²) in [7, 11) is 0. The number of anilines is 1. The van der Waals surface area contributed by atoms with Gasteiger partial charge >= 0.3 is 0 Å². The quantitative estimate of drug-likeness (QED) is 0.734. The first-order chi connectivity index (χ1) is 12.7. The van der Waals surface area contributed by atoms with E-state index in [1.54, 1.807) is 24.5 Å². The Kier molecular flexibility index (Phi) is 3.69. The molecule has 0 unspecified atom stereocenters. The molecule has 3 atom stereocenters. The molecule has 1 saturated heterocycles. The summed E-state index contributed by atoms with van der Waals surface area (Å²) in [5, 5.41) is 24.9. The smallest absolute Gasteiger partial charge is 0.158 e. The maximum absolute atomic E-state index is 10.3. The van der Waals surface area contributed by atoms with Crippen molar-refractivity contribution in [1.29, 1.82) is 0 Å². The van der Waals surface area contributed by atoms with Crippen LogP contribution in [0.15, 0.2) is 36.7 Å². The highest BCUT2D eigenvalue weighted by atomic mass is 35.5. The lowest BCUT2D eigenvalue weighted by atomic mass is 10.0. The van der Waals surface area contributed by atoms with Crippen LogP contribution in [0.5, 0.6) is 5.75 Å². The number of pyridine rings is 1. The molecule has 0 amide bonds. The van der Waals surface area contributed by atoms with E-state index in [0.29, 0.717) is 34.3 Å². The van der Waals surface area contributed by atoms with Gasteiger partial charge in [0.05, 0.1) is 12.7 Å². The molecular weight excluding hydrogens is 352 g/mol. The number of phenolic OH excluding ortho intramolecular Hbond substituents is 1. The van der Waals surface area contributed by atoms with Crippen molar-refractivity contribution in [3.05, 3.63) is 41.7 Å². The van der Waals surface area contributed by atoms with E-state index >= 15 is 0 Å². The van der Waals surface area contributed by atoms with Crippen LogP contribution in [0, 0.1) is 5.92 Å². The Hall–Kier alpha value is -2.44. The van der Waals surface area contributed by atoms with Crippen molar-refractivity contribution in [2.24, 2.45) is 5.92 Å². The highest BCUT2D eigenvalue weighted by Crippen LogP contribution is 2.39. The van der Waals surface area contributed by atoms with Gasteiger partial charge in [0, 0.05) is 45.7 Å². The molecule has 3 aromatic rings. The predicted octanol–water partition coefficient (Wildman–Crippen LogP) is 3.64. The van der Waals surface area contributed by atoms with E-state index in [2.05, 4.69) is 20.5 Å². The summed E-state index contributed by atoms with van der Waals surface area (Å²) < 4.78 is 5.68. The number of aromatic nitrogens is 3. The first-order valence-electron chi connectivity index (χ1n) is 8.66. The molecule has 2 bridgehead atoms. The zero-order valence-corrected chi connectivity index (χ0v) is 14.6. The van der Waals surface area contributed by atoms with Crippen LogP contribution >= 0.6 is 11.6 Å². The second-order valence-corrected chi connectivity index (χ2v) is 7.35. The molecule has 1 aliphatic carbocycles. The molecule has 132 valence electrons. The molecule has 2 N–H and O–H groups in total. The first kappa shape index (κ1) is 15.8. The van der Waals surface area contributed by atoms with Gasteiger partial charge in [0.25, 0.3) is 0 Å². The maximum Gasteiger partial charge on any atom is 0.158 e. The molecule has 2 aromatic heterocycles. The summed E-state index contributed by atoms with van der Waals surface area (Å²) in [4.78, 5) is 4.25. The molecule has 0 spiro atoms. The Morgan fingerprint density at radius 3 is 2.85 bits per heavy atom. The number of hydrogen-bond acceptors (Lipinski definition) is 6. The minimum Gasteiger partial charge on any atom is -0.507 e. The number of hydrogen-bond donors (Lipinski definition) is 2. The summed E-state index contributed by atoms with van der Waals surface area (Å²) in [6.45, 7) is 0.808. The van der Waals surface area contributed by atoms with Crippen molar-refractivity contribution in [3.8, 4) is 17.0 Å². The fourth-order valence-corrected chi connectivity index (χ4v) is 4.18. The summed E-state index contributed by atoms with van der Waals surface area (Å²) >= 11 is 5.95. The number of benzene rings is 1.